The number of carbonyl (C=O) groups excluding carboxylic acids is 1. The second-order valence-corrected chi connectivity index (χ2v) is 12.6. The van der Waals surface area contributed by atoms with Crippen LogP contribution in [0.3, 0.4) is 0 Å². The van der Waals surface area contributed by atoms with Gasteiger partial charge in [-0.25, -0.2) is 14.8 Å². The smallest absolute Gasteiger partial charge is 0.318 e. The van der Waals surface area contributed by atoms with Crippen molar-refractivity contribution in [2.75, 3.05) is 49.1 Å². The second kappa shape index (κ2) is 10.7. The second-order valence-electron chi connectivity index (χ2n) is 12.6. The zero-order valence-electron chi connectivity index (χ0n) is 25.1. The minimum Gasteiger partial charge on any atom is -0.370 e. The molecule has 0 aliphatic carbocycles. The third kappa shape index (κ3) is 4.92. The number of hydrogen-bond acceptors (Lipinski definition) is 6. The first-order valence-corrected chi connectivity index (χ1v) is 15.5. The lowest BCUT2D eigenvalue weighted by molar-refractivity contribution is 0.215. The van der Waals surface area contributed by atoms with Crippen LogP contribution >= 0.6 is 0 Å². The molecule has 0 bridgehead atoms. The predicted molar refractivity (Wildman–Crippen MR) is 168 cm³/mol. The van der Waals surface area contributed by atoms with Crippen molar-refractivity contribution in [3.8, 4) is 0 Å². The Balaban J connectivity index is 0.988. The van der Waals surface area contributed by atoms with E-state index in [0.717, 1.165) is 74.6 Å². The molecular formula is C33H40N8O2. The van der Waals surface area contributed by atoms with E-state index in [1.54, 1.807) is 18.6 Å². The Morgan fingerprint density at radius 2 is 1.74 bits per heavy atom. The number of benzene rings is 1. The highest BCUT2D eigenvalue weighted by Crippen LogP contribution is 2.39. The van der Waals surface area contributed by atoms with Crippen LogP contribution in [-0.4, -0.2) is 74.7 Å². The van der Waals surface area contributed by atoms with Crippen LogP contribution in [0.15, 0.2) is 72.2 Å². The molecule has 0 unspecified atom stereocenters. The number of amides is 2. The van der Waals surface area contributed by atoms with E-state index >= 15 is 0 Å². The van der Waals surface area contributed by atoms with Crippen molar-refractivity contribution >= 4 is 23.1 Å². The van der Waals surface area contributed by atoms with E-state index in [4.69, 9.17) is 0 Å². The Bertz CT molecular complexity index is 1690. The number of nitrogens with zero attached hydrogens (tertiary/aromatic N) is 7. The molecule has 3 aliphatic heterocycles. The maximum absolute atomic E-state index is 13.3. The molecule has 6 heterocycles. The van der Waals surface area contributed by atoms with Crippen LogP contribution in [0.2, 0.25) is 0 Å². The third-order valence-corrected chi connectivity index (χ3v) is 10.2. The fourth-order valence-electron chi connectivity index (χ4n) is 7.49. The van der Waals surface area contributed by atoms with Crippen LogP contribution in [0.4, 0.5) is 16.3 Å². The number of nitrogens with one attached hydrogen (secondary N) is 1. The normalized spacial score (nSPS) is 21.7. The number of carbonyl (C=O) groups is 1. The highest BCUT2D eigenvalue weighted by molar-refractivity contribution is 5.78. The van der Waals surface area contributed by atoms with Gasteiger partial charge in [-0.15, -0.1) is 0 Å². The average Bonchev–Trinajstić information content (AvgIpc) is 3.76. The number of aryl methyl sites for hydroxylation is 1. The lowest BCUT2D eigenvalue weighted by Crippen LogP contribution is -2.52. The van der Waals surface area contributed by atoms with Crippen molar-refractivity contribution < 1.29 is 4.79 Å². The molecule has 3 aliphatic rings. The van der Waals surface area contributed by atoms with Gasteiger partial charge < -0.3 is 29.0 Å². The summed E-state index contributed by atoms with van der Waals surface area (Å²) in [7, 11) is 0. The number of urea groups is 1. The molecule has 1 N–H and O–H groups in total. The summed E-state index contributed by atoms with van der Waals surface area (Å²) < 4.78 is 3.79. The van der Waals surface area contributed by atoms with Gasteiger partial charge in [-0.2, -0.15) is 0 Å². The molecular weight excluding hydrogens is 540 g/mol. The first-order valence-electron chi connectivity index (χ1n) is 15.5. The summed E-state index contributed by atoms with van der Waals surface area (Å²) in [6.45, 7) is 9.38. The summed E-state index contributed by atoms with van der Waals surface area (Å²) in [6, 6.07) is 14.6. The molecule has 1 spiro atoms. The van der Waals surface area contributed by atoms with E-state index in [1.165, 1.54) is 5.56 Å². The molecule has 43 heavy (non-hydrogen) atoms. The lowest BCUT2D eigenvalue weighted by Gasteiger charge is -2.39. The number of imidazole rings is 1. The third-order valence-electron chi connectivity index (χ3n) is 10.2. The van der Waals surface area contributed by atoms with E-state index in [-0.39, 0.29) is 22.5 Å². The summed E-state index contributed by atoms with van der Waals surface area (Å²) in [6.07, 6.45) is 11.2. The fraction of sp³-hybridized carbons (Fsp3) is 0.455. The first-order chi connectivity index (χ1) is 20.9. The van der Waals surface area contributed by atoms with Crippen LogP contribution in [0.25, 0.3) is 5.52 Å². The average molecular weight is 581 g/mol. The topological polar surface area (TPSA) is 91.0 Å². The molecule has 3 fully saturated rings. The van der Waals surface area contributed by atoms with Crippen molar-refractivity contribution in [3.05, 3.63) is 89.0 Å². The van der Waals surface area contributed by atoms with E-state index in [2.05, 4.69) is 68.4 Å². The molecule has 10 nitrogen and oxygen atoms in total. The number of rotatable bonds is 7. The number of fused-ring (bicyclic) bond motifs is 1. The minimum absolute atomic E-state index is 0.00659. The van der Waals surface area contributed by atoms with Crippen molar-refractivity contribution in [2.24, 2.45) is 0 Å². The molecule has 3 saturated heterocycles. The van der Waals surface area contributed by atoms with Gasteiger partial charge in [0.1, 0.15) is 5.52 Å². The summed E-state index contributed by atoms with van der Waals surface area (Å²) >= 11 is 0. The highest BCUT2D eigenvalue weighted by Gasteiger charge is 2.44. The van der Waals surface area contributed by atoms with E-state index in [1.807, 2.05) is 33.2 Å². The molecule has 1 aromatic carbocycles. The molecule has 3 aromatic heterocycles. The maximum Gasteiger partial charge on any atom is 0.318 e. The van der Waals surface area contributed by atoms with Gasteiger partial charge in [0.2, 0.25) is 0 Å². The van der Waals surface area contributed by atoms with Crippen molar-refractivity contribution in [1.29, 1.82) is 0 Å². The molecule has 1 atom stereocenters. The van der Waals surface area contributed by atoms with E-state index < -0.39 is 0 Å². The first kappa shape index (κ1) is 27.5. The SMILES string of the molecule is CC[C@@]1(c2ccccc2)CCN(c2cc(C)n(CCN3CC4(CCN(c5nccn6cncc56)CC4)NC3=O)c(=O)c2)C1. The Morgan fingerprint density at radius 3 is 2.51 bits per heavy atom. The summed E-state index contributed by atoms with van der Waals surface area (Å²) in [5, 5.41) is 3.29. The molecule has 2 amide bonds. The van der Waals surface area contributed by atoms with Crippen molar-refractivity contribution in [2.45, 2.75) is 57.0 Å². The number of aromatic nitrogens is 4. The van der Waals surface area contributed by atoms with Gasteiger partial charge >= 0.3 is 6.03 Å². The molecule has 4 aromatic rings. The number of anilines is 2. The van der Waals surface area contributed by atoms with Crippen LogP contribution in [-0.2, 0) is 12.0 Å². The largest absolute Gasteiger partial charge is 0.370 e. The van der Waals surface area contributed by atoms with Gasteiger partial charge in [0, 0.05) is 81.1 Å². The molecule has 0 saturated carbocycles. The zero-order valence-corrected chi connectivity index (χ0v) is 25.1. The molecule has 10 heteroatoms. The van der Waals surface area contributed by atoms with Gasteiger partial charge in [0.15, 0.2) is 5.82 Å². The Morgan fingerprint density at radius 1 is 0.953 bits per heavy atom. The Labute approximate surface area is 252 Å². The Kier molecular flexibility index (Phi) is 6.86. The van der Waals surface area contributed by atoms with E-state index in [0.29, 0.717) is 19.6 Å². The summed E-state index contributed by atoms with van der Waals surface area (Å²) in [4.78, 5) is 41.8. The number of piperidine rings is 1. The molecule has 0 radical (unpaired) electrons. The van der Waals surface area contributed by atoms with Gasteiger partial charge in [0.25, 0.3) is 5.56 Å². The lowest BCUT2D eigenvalue weighted by atomic mass is 9.77. The molecule has 224 valence electrons. The minimum atomic E-state index is -0.247. The van der Waals surface area contributed by atoms with Crippen LogP contribution < -0.4 is 20.7 Å². The monoisotopic (exact) mass is 580 g/mol. The number of pyridine rings is 1. The highest BCUT2D eigenvalue weighted by atomic mass is 16.2. The predicted octanol–water partition coefficient (Wildman–Crippen LogP) is 3.82. The van der Waals surface area contributed by atoms with Gasteiger partial charge in [-0.1, -0.05) is 37.3 Å². The standard InChI is InChI=1S/C33H40N8O2/c1-3-32(26-7-5-4-6-8-26)9-13-38(22-32)27-19-25(2)41(29(42)20-27)18-17-39-23-33(36-31(39)43)10-14-37(15-11-33)30-28-21-34-24-40(28)16-12-35-30/h4-8,12,16,19-21,24H,3,9-11,13-15,17-18,22-23H2,1-2H3,(H,36,43)/t32-/m1/s1. The number of hydrogen-bond donors (Lipinski definition) is 1. The Hall–Kier alpha value is -4.34. The van der Waals surface area contributed by atoms with Crippen LogP contribution in [0.5, 0.6) is 0 Å². The van der Waals surface area contributed by atoms with Crippen molar-refractivity contribution in [3.63, 3.8) is 0 Å². The van der Waals surface area contributed by atoms with E-state index in [9.17, 15) is 9.59 Å². The fourth-order valence-corrected chi connectivity index (χ4v) is 7.49. The van der Waals surface area contributed by atoms with Crippen molar-refractivity contribution in [1.82, 2.24) is 29.2 Å². The maximum atomic E-state index is 13.3. The van der Waals surface area contributed by atoms with Gasteiger partial charge in [0.05, 0.1) is 18.1 Å². The summed E-state index contributed by atoms with van der Waals surface area (Å²) in [5.74, 6) is 0.934. The van der Waals surface area contributed by atoms with Gasteiger partial charge in [-0.3, -0.25) is 4.79 Å². The molecule has 7 rings (SSSR count). The van der Waals surface area contributed by atoms with Gasteiger partial charge in [-0.05, 0) is 44.2 Å². The summed E-state index contributed by atoms with van der Waals surface area (Å²) in [5.41, 5.74) is 4.16. The van der Waals surface area contributed by atoms with Crippen LogP contribution in [0.1, 0.15) is 43.9 Å². The zero-order chi connectivity index (χ0) is 29.6. The van der Waals surface area contributed by atoms with Crippen LogP contribution in [0, 0.1) is 6.92 Å². The quantitative estimate of drug-likeness (QED) is 0.358.